The van der Waals surface area contributed by atoms with Crippen LogP contribution in [0.25, 0.3) is 0 Å². The first-order chi connectivity index (χ1) is 7.09. The summed E-state index contributed by atoms with van der Waals surface area (Å²) >= 11 is 0. The van der Waals surface area contributed by atoms with Crippen LogP contribution in [0, 0.1) is 0 Å². The highest BCUT2D eigenvalue weighted by atomic mass is 16.5. The molecule has 15 heavy (non-hydrogen) atoms. The topological polar surface area (TPSA) is 27.1 Å². The lowest BCUT2D eigenvalue weighted by Crippen LogP contribution is -2.18. The van der Waals surface area contributed by atoms with E-state index in [1.165, 1.54) is 0 Å². The summed E-state index contributed by atoms with van der Waals surface area (Å²) in [4.78, 5) is 4.41. The standard InChI is InChI=1S/C10H16N2O.C2H6/c1-10(2,3)8-9-12(7-11-8)5-4-6-13-9;1-2/h7H,4-6H2,1-3H3;1-2H3. The first-order valence-corrected chi connectivity index (χ1v) is 5.77. The molecule has 86 valence electrons. The molecule has 0 aliphatic carbocycles. The normalized spacial score (nSPS) is 14.7. The van der Waals surface area contributed by atoms with Crippen molar-refractivity contribution in [3.05, 3.63) is 12.0 Å². The van der Waals surface area contributed by atoms with Crippen LogP contribution in [0.5, 0.6) is 5.88 Å². The predicted molar refractivity (Wildman–Crippen MR) is 62.4 cm³/mol. The molecular weight excluding hydrogens is 188 g/mol. The highest BCUT2D eigenvalue weighted by Crippen LogP contribution is 2.31. The van der Waals surface area contributed by atoms with Crippen LogP contribution >= 0.6 is 0 Å². The van der Waals surface area contributed by atoms with E-state index in [1.54, 1.807) is 0 Å². The second kappa shape index (κ2) is 4.69. The van der Waals surface area contributed by atoms with Crippen molar-refractivity contribution in [3.63, 3.8) is 0 Å². The Kier molecular flexibility index (Phi) is 3.77. The molecule has 0 spiro atoms. The van der Waals surface area contributed by atoms with Crippen LogP contribution < -0.4 is 4.74 Å². The Morgan fingerprint density at radius 3 is 2.60 bits per heavy atom. The summed E-state index contributed by atoms with van der Waals surface area (Å²) in [6, 6.07) is 0. The number of aromatic nitrogens is 2. The van der Waals surface area contributed by atoms with Crippen LogP contribution in [-0.2, 0) is 12.0 Å². The minimum atomic E-state index is 0.0813. The molecule has 0 bridgehead atoms. The molecule has 0 saturated heterocycles. The fourth-order valence-electron chi connectivity index (χ4n) is 1.60. The molecule has 0 unspecified atom stereocenters. The van der Waals surface area contributed by atoms with Gasteiger partial charge in [0.15, 0.2) is 0 Å². The van der Waals surface area contributed by atoms with Gasteiger partial charge in [-0.15, -0.1) is 0 Å². The highest BCUT2D eigenvalue weighted by molar-refractivity contribution is 5.27. The third-order valence-electron chi connectivity index (χ3n) is 2.28. The van der Waals surface area contributed by atoms with E-state index >= 15 is 0 Å². The molecule has 0 amide bonds. The van der Waals surface area contributed by atoms with Gasteiger partial charge >= 0.3 is 0 Å². The molecule has 0 fully saturated rings. The molecule has 1 aromatic rings. The zero-order chi connectivity index (χ0) is 11.5. The molecule has 1 aliphatic heterocycles. The SMILES string of the molecule is CC.CC(C)(C)c1ncn2c1OCCC2. The van der Waals surface area contributed by atoms with Gasteiger partial charge in [-0.1, -0.05) is 34.6 Å². The Morgan fingerprint density at radius 1 is 1.33 bits per heavy atom. The average molecular weight is 210 g/mol. The van der Waals surface area contributed by atoms with Gasteiger partial charge in [-0.05, 0) is 6.42 Å². The maximum atomic E-state index is 5.62. The smallest absolute Gasteiger partial charge is 0.217 e. The fourth-order valence-corrected chi connectivity index (χ4v) is 1.60. The molecule has 3 heteroatoms. The van der Waals surface area contributed by atoms with Gasteiger partial charge in [-0.25, -0.2) is 4.98 Å². The summed E-state index contributed by atoms with van der Waals surface area (Å²) in [6.45, 7) is 12.4. The fraction of sp³-hybridized carbons (Fsp3) is 0.750. The van der Waals surface area contributed by atoms with Gasteiger partial charge in [0.2, 0.25) is 5.88 Å². The first-order valence-electron chi connectivity index (χ1n) is 5.77. The summed E-state index contributed by atoms with van der Waals surface area (Å²) in [5.74, 6) is 0.971. The van der Waals surface area contributed by atoms with Crippen molar-refractivity contribution >= 4 is 0 Å². The van der Waals surface area contributed by atoms with Crippen molar-refractivity contribution in [3.8, 4) is 5.88 Å². The number of hydrogen-bond acceptors (Lipinski definition) is 2. The second-order valence-corrected chi connectivity index (χ2v) is 4.54. The van der Waals surface area contributed by atoms with E-state index in [1.807, 2.05) is 20.2 Å². The Balaban J connectivity index is 0.000000531. The summed E-state index contributed by atoms with van der Waals surface area (Å²) in [5.41, 5.74) is 1.16. The van der Waals surface area contributed by atoms with Gasteiger partial charge in [-0.3, -0.25) is 0 Å². The summed E-state index contributed by atoms with van der Waals surface area (Å²) in [6.07, 6.45) is 2.97. The Bertz CT molecular complexity index is 310. The van der Waals surface area contributed by atoms with Crippen LogP contribution in [0.4, 0.5) is 0 Å². The number of ether oxygens (including phenoxy) is 1. The second-order valence-electron chi connectivity index (χ2n) is 4.54. The number of hydrogen-bond donors (Lipinski definition) is 0. The molecule has 2 heterocycles. The lowest BCUT2D eigenvalue weighted by atomic mass is 9.92. The van der Waals surface area contributed by atoms with E-state index in [4.69, 9.17) is 4.74 Å². The van der Waals surface area contributed by atoms with Crippen molar-refractivity contribution in [2.75, 3.05) is 6.61 Å². The average Bonchev–Trinajstić information content (AvgIpc) is 2.63. The van der Waals surface area contributed by atoms with Gasteiger partial charge in [-0.2, -0.15) is 0 Å². The van der Waals surface area contributed by atoms with Crippen molar-refractivity contribution < 1.29 is 4.74 Å². The van der Waals surface area contributed by atoms with E-state index in [0.29, 0.717) is 0 Å². The van der Waals surface area contributed by atoms with Crippen LogP contribution in [0.15, 0.2) is 6.33 Å². The number of rotatable bonds is 0. The van der Waals surface area contributed by atoms with Gasteiger partial charge < -0.3 is 9.30 Å². The summed E-state index contributed by atoms with van der Waals surface area (Å²) < 4.78 is 7.72. The van der Waals surface area contributed by atoms with Gasteiger partial charge in [0, 0.05) is 12.0 Å². The van der Waals surface area contributed by atoms with Gasteiger partial charge in [0.25, 0.3) is 0 Å². The molecule has 3 nitrogen and oxygen atoms in total. The van der Waals surface area contributed by atoms with E-state index in [0.717, 1.165) is 31.1 Å². The molecule has 1 aliphatic rings. The number of fused-ring (bicyclic) bond motifs is 1. The molecule has 0 saturated carbocycles. The van der Waals surface area contributed by atoms with E-state index in [9.17, 15) is 0 Å². The summed E-state index contributed by atoms with van der Waals surface area (Å²) in [5, 5.41) is 0. The van der Waals surface area contributed by atoms with Crippen molar-refractivity contribution in [2.45, 2.75) is 53.0 Å². The van der Waals surface area contributed by atoms with Crippen molar-refractivity contribution in [2.24, 2.45) is 0 Å². The molecule has 0 atom stereocenters. The quantitative estimate of drug-likeness (QED) is 0.658. The minimum Gasteiger partial charge on any atom is -0.477 e. The molecule has 1 aromatic heterocycles. The number of imidazole rings is 1. The van der Waals surface area contributed by atoms with Crippen LogP contribution in [0.1, 0.15) is 46.7 Å². The first kappa shape index (κ1) is 12.1. The summed E-state index contributed by atoms with van der Waals surface area (Å²) in [7, 11) is 0. The third kappa shape index (κ3) is 2.52. The Hall–Kier alpha value is -0.990. The largest absolute Gasteiger partial charge is 0.477 e. The van der Waals surface area contributed by atoms with E-state index < -0.39 is 0 Å². The maximum Gasteiger partial charge on any atom is 0.217 e. The molecular formula is C12H22N2O. The molecule has 0 radical (unpaired) electrons. The Morgan fingerprint density at radius 2 is 2.00 bits per heavy atom. The third-order valence-corrected chi connectivity index (χ3v) is 2.28. The zero-order valence-corrected chi connectivity index (χ0v) is 10.5. The molecule has 0 aromatic carbocycles. The van der Waals surface area contributed by atoms with Crippen LogP contribution in [0.2, 0.25) is 0 Å². The number of nitrogens with zero attached hydrogens (tertiary/aromatic N) is 2. The minimum absolute atomic E-state index is 0.0813. The highest BCUT2D eigenvalue weighted by Gasteiger charge is 2.25. The van der Waals surface area contributed by atoms with Crippen molar-refractivity contribution in [1.82, 2.24) is 9.55 Å². The molecule has 2 rings (SSSR count). The zero-order valence-electron chi connectivity index (χ0n) is 10.5. The predicted octanol–water partition coefficient (Wildman–Crippen LogP) is 2.99. The number of aryl methyl sites for hydroxylation is 1. The lowest BCUT2D eigenvalue weighted by molar-refractivity contribution is 0.235. The maximum absolute atomic E-state index is 5.62. The van der Waals surface area contributed by atoms with E-state index in [-0.39, 0.29) is 5.41 Å². The van der Waals surface area contributed by atoms with Gasteiger partial charge in [0.1, 0.15) is 5.69 Å². The molecule has 0 N–H and O–H groups in total. The van der Waals surface area contributed by atoms with Gasteiger partial charge in [0.05, 0.1) is 12.9 Å². The van der Waals surface area contributed by atoms with Crippen LogP contribution in [-0.4, -0.2) is 16.2 Å². The van der Waals surface area contributed by atoms with Crippen LogP contribution in [0.3, 0.4) is 0 Å². The van der Waals surface area contributed by atoms with E-state index in [2.05, 4.69) is 30.3 Å². The Labute approximate surface area is 92.5 Å². The lowest BCUT2D eigenvalue weighted by Gasteiger charge is -2.21. The monoisotopic (exact) mass is 210 g/mol. The van der Waals surface area contributed by atoms with Crippen molar-refractivity contribution in [1.29, 1.82) is 0 Å².